The molecule has 0 aliphatic carbocycles. The number of aromatic amines is 1. The first-order valence-corrected chi connectivity index (χ1v) is 7.43. The Balaban J connectivity index is 1.62. The number of rotatable bonds is 4. The van der Waals surface area contributed by atoms with E-state index in [4.69, 9.17) is 0 Å². The van der Waals surface area contributed by atoms with Crippen LogP contribution < -0.4 is 0 Å². The molecule has 1 aliphatic rings. The first-order valence-electron chi connectivity index (χ1n) is 7.43. The molecular formula is C16H22N4O. The lowest BCUT2D eigenvalue weighted by Crippen LogP contribution is -2.22. The van der Waals surface area contributed by atoms with Crippen LogP contribution in [0, 0.1) is 19.8 Å². The van der Waals surface area contributed by atoms with Gasteiger partial charge in [-0.3, -0.25) is 15.0 Å². The van der Waals surface area contributed by atoms with Gasteiger partial charge in [0.15, 0.2) is 0 Å². The van der Waals surface area contributed by atoms with Crippen LogP contribution in [0.15, 0.2) is 24.4 Å². The summed E-state index contributed by atoms with van der Waals surface area (Å²) in [7, 11) is 0. The lowest BCUT2D eigenvalue weighted by molar-refractivity contribution is 0.140. The van der Waals surface area contributed by atoms with Gasteiger partial charge in [-0.1, -0.05) is 6.07 Å². The Labute approximate surface area is 125 Å². The van der Waals surface area contributed by atoms with Gasteiger partial charge in [-0.2, -0.15) is 5.10 Å². The topological polar surface area (TPSA) is 65.0 Å². The molecule has 0 bridgehead atoms. The second-order valence-electron chi connectivity index (χ2n) is 6.02. The Bertz CT molecular complexity index is 610. The van der Waals surface area contributed by atoms with Crippen molar-refractivity contribution in [2.24, 2.45) is 5.92 Å². The maximum atomic E-state index is 10.3. The van der Waals surface area contributed by atoms with E-state index in [9.17, 15) is 5.11 Å². The number of H-pyrrole nitrogens is 1. The monoisotopic (exact) mass is 286 g/mol. The Morgan fingerprint density at radius 3 is 2.95 bits per heavy atom. The fraction of sp³-hybridized carbons (Fsp3) is 0.500. The minimum Gasteiger partial charge on any atom is -0.391 e. The van der Waals surface area contributed by atoms with Crippen LogP contribution in [0.2, 0.25) is 0 Å². The van der Waals surface area contributed by atoms with Crippen LogP contribution in [0.25, 0.3) is 0 Å². The molecule has 3 rings (SSSR count). The van der Waals surface area contributed by atoms with E-state index in [2.05, 4.69) is 32.2 Å². The fourth-order valence-electron chi connectivity index (χ4n) is 3.04. The van der Waals surface area contributed by atoms with Crippen molar-refractivity contribution >= 4 is 0 Å². The molecule has 2 N–H and O–H groups in total. The normalized spacial score (nSPS) is 22.8. The summed E-state index contributed by atoms with van der Waals surface area (Å²) in [5.41, 5.74) is 4.41. The van der Waals surface area contributed by atoms with Gasteiger partial charge in [0.1, 0.15) is 0 Å². The van der Waals surface area contributed by atoms with Crippen molar-refractivity contribution in [1.29, 1.82) is 0 Å². The van der Waals surface area contributed by atoms with Crippen LogP contribution in [0.5, 0.6) is 0 Å². The van der Waals surface area contributed by atoms with E-state index >= 15 is 0 Å². The number of nitrogens with one attached hydrogen (secondary N) is 1. The predicted octanol–water partition coefficient (Wildman–Crippen LogP) is 1.46. The molecule has 0 unspecified atom stereocenters. The van der Waals surface area contributed by atoms with Crippen LogP contribution >= 0.6 is 0 Å². The highest BCUT2D eigenvalue weighted by Crippen LogP contribution is 2.23. The van der Waals surface area contributed by atoms with Gasteiger partial charge < -0.3 is 5.11 Å². The summed E-state index contributed by atoms with van der Waals surface area (Å²) in [5.74, 6) is 0.254. The van der Waals surface area contributed by atoms with E-state index in [1.54, 1.807) is 0 Å². The van der Waals surface area contributed by atoms with Gasteiger partial charge in [0, 0.05) is 43.1 Å². The number of aryl methyl sites for hydroxylation is 2. The second kappa shape index (κ2) is 5.95. The zero-order chi connectivity index (χ0) is 14.8. The van der Waals surface area contributed by atoms with Crippen molar-refractivity contribution in [3.05, 3.63) is 47.0 Å². The van der Waals surface area contributed by atoms with Gasteiger partial charge in [0.2, 0.25) is 0 Å². The van der Waals surface area contributed by atoms with Crippen molar-refractivity contribution in [2.45, 2.75) is 32.9 Å². The maximum Gasteiger partial charge on any atom is 0.0711 e. The quantitative estimate of drug-likeness (QED) is 0.893. The van der Waals surface area contributed by atoms with Gasteiger partial charge in [-0.15, -0.1) is 0 Å². The number of aromatic nitrogens is 3. The standard InChI is InChI=1S/C16H22N4O/c1-11-6-15(19-18-11)7-14-9-20(10-16(14)21)8-13-4-3-5-17-12(13)2/h3-6,14,16,21H,7-10H2,1-2H3,(H,18,19)/t14-,16+/m1/s1. The maximum absolute atomic E-state index is 10.3. The second-order valence-corrected chi connectivity index (χ2v) is 6.02. The predicted molar refractivity (Wildman–Crippen MR) is 80.8 cm³/mol. The molecule has 0 aromatic carbocycles. The van der Waals surface area contributed by atoms with Gasteiger partial charge in [-0.25, -0.2) is 0 Å². The molecule has 0 radical (unpaired) electrons. The first kappa shape index (κ1) is 14.2. The third kappa shape index (κ3) is 3.31. The van der Waals surface area contributed by atoms with Crippen molar-refractivity contribution in [3.63, 3.8) is 0 Å². The number of β-amino-alcohol motifs (C(OH)–C–C–N with tert-alkyl or cyclic N) is 1. The summed E-state index contributed by atoms with van der Waals surface area (Å²) in [6, 6.07) is 6.14. The molecule has 0 spiro atoms. The molecule has 0 saturated carbocycles. The molecule has 3 heterocycles. The highest BCUT2D eigenvalue weighted by Gasteiger charge is 2.31. The van der Waals surface area contributed by atoms with Crippen LogP contribution in [0.3, 0.4) is 0 Å². The summed E-state index contributed by atoms with van der Waals surface area (Å²) in [6.07, 6.45) is 2.37. The molecule has 21 heavy (non-hydrogen) atoms. The average molecular weight is 286 g/mol. The molecule has 1 aliphatic heterocycles. The van der Waals surface area contributed by atoms with Crippen LogP contribution in [-0.4, -0.2) is 44.4 Å². The van der Waals surface area contributed by atoms with E-state index in [-0.39, 0.29) is 12.0 Å². The molecule has 5 nitrogen and oxygen atoms in total. The summed E-state index contributed by atoms with van der Waals surface area (Å²) in [6.45, 7) is 6.52. The fourth-order valence-corrected chi connectivity index (χ4v) is 3.04. The smallest absolute Gasteiger partial charge is 0.0711 e. The van der Waals surface area contributed by atoms with E-state index in [0.717, 1.165) is 43.1 Å². The van der Waals surface area contributed by atoms with Gasteiger partial charge in [0.05, 0.1) is 11.8 Å². The summed E-state index contributed by atoms with van der Waals surface area (Å²) >= 11 is 0. The average Bonchev–Trinajstić information content (AvgIpc) is 3.00. The minimum atomic E-state index is -0.279. The summed E-state index contributed by atoms with van der Waals surface area (Å²) < 4.78 is 0. The van der Waals surface area contributed by atoms with Crippen molar-refractivity contribution in [2.75, 3.05) is 13.1 Å². The third-order valence-corrected chi connectivity index (χ3v) is 4.22. The first-order chi connectivity index (χ1) is 10.1. The van der Waals surface area contributed by atoms with Gasteiger partial charge in [0.25, 0.3) is 0 Å². The number of pyridine rings is 1. The largest absolute Gasteiger partial charge is 0.391 e. The lowest BCUT2D eigenvalue weighted by Gasteiger charge is -2.16. The highest BCUT2D eigenvalue weighted by atomic mass is 16.3. The molecule has 0 amide bonds. The van der Waals surface area contributed by atoms with Crippen molar-refractivity contribution in [3.8, 4) is 0 Å². The summed E-state index contributed by atoms with van der Waals surface area (Å²) in [5, 5.41) is 17.5. The van der Waals surface area contributed by atoms with E-state index < -0.39 is 0 Å². The molecule has 1 saturated heterocycles. The molecule has 1 fully saturated rings. The number of likely N-dealkylation sites (tertiary alicyclic amines) is 1. The van der Waals surface area contributed by atoms with E-state index in [1.807, 2.05) is 26.1 Å². The Kier molecular flexibility index (Phi) is 4.03. The third-order valence-electron chi connectivity index (χ3n) is 4.22. The molecule has 5 heteroatoms. The Morgan fingerprint density at radius 1 is 1.38 bits per heavy atom. The summed E-state index contributed by atoms with van der Waals surface area (Å²) in [4.78, 5) is 6.63. The van der Waals surface area contributed by atoms with E-state index in [0.29, 0.717) is 0 Å². The molecule has 2 aromatic heterocycles. The van der Waals surface area contributed by atoms with Crippen molar-refractivity contribution < 1.29 is 5.11 Å². The minimum absolute atomic E-state index is 0.254. The molecule has 112 valence electrons. The molecule has 2 aromatic rings. The Hall–Kier alpha value is -1.72. The molecule has 2 atom stereocenters. The van der Waals surface area contributed by atoms with Crippen LogP contribution in [0.1, 0.15) is 22.6 Å². The highest BCUT2D eigenvalue weighted by molar-refractivity contribution is 5.18. The van der Waals surface area contributed by atoms with Crippen LogP contribution in [-0.2, 0) is 13.0 Å². The van der Waals surface area contributed by atoms with E-state index in [1.165, 1.54) is 5.56 Å². The number of hydrogen-bond acceptors (Lipinski definition) is 4. The number of nitrogens with zero attached hydrogens (tertiary/aromatic N) is 3. The Morgan fingerprint density at radius 2 is 2.24 bits per heavy atom. The molecular weight excluding hydrogens is 264 g/mol. The zero-order valence-electron chi connectivity index (χ0n) is 12.6. The van der Waals surface area contributed by atoms with Crippen molar-refractivity contribution in [1.82, 2.24) is 20.1 Å². The number of hydrogen-bond donors (Lipinski definition) is 2. The lowest BCUT2D eigenvalue weighted by atomic mass is 10.0. The number of aliphatic hydroxyl groups is 1. The van der Waals surface area contributed by atoms with Gasteiger partial charge >= 0.3 is 0 Å². The number of aliphatic hydroxyl groups excluding tert-OH is 1. The van der Waals surface area contributed by atoms with Crippen LogP contribution in [0.4, 0.5) is 0 Å². The zero-order valence-corrected chi connectivity index (χ0v) is 12.6. The van der Waals surface area contributed by atoms with Gasteiger partial charge in [-0.05, 0) is 38.0 Å². The SMILES string of the molecule is Cc1cc(C[C@@H]2CN(Cc3cccnc3C)C[C@@H]2O)n[nH]1.